The van der Waals surface area contributed by atoms with Crippen LogP contribution < -0.4 is 9.46 Å². The Hall–Kier alpha value is -2.67. The summed E-state index contributed by atoms with van der Waals surface area (Å²) in [4.78, 5) is 22.7. The molecular weight excluding hydrogens is 306 g/mol. The number of benzene rings is 2. The van der Waals surface area contributed by atoms with Gasteiger partial charge in [-0.25, -0.2) is 17.9 Å². The van der Waals surface area contributed by atoms with E-state index in [4.69, 9.17) is 4.74 Å². The molecule has 0 unspecified atom stereocenters. The van der Waals surface area contributed by atoms with E-state index in [9.17, 15) is 18.0 Å². The van der Waals surface area contributed by atoms with Crippen LogP contribution in [0.4, 0.5) is 4.79 Å². The Morgan fingerprint density at radius 3 is 2.09 bits per heavy atom. The molecule has 0 aliphatic heterocycles. The van der Waals surface area contributed by atoms with Crippen molar-refractivity contribution in [2.24, 2.45) is 0 Å². The van der Waals surface area contributed by atoms with Gasteiger partial charge in [-0.15, -0.1) is 0 Å². The highest BCUT2D eigenvalue weighted by Gasteiger charge is 2.18. The fourth-order valence-electron chi connectivity index (χ4n) is 1.65. The summed E-state index contributed by atoms with van der Waals surface area (Å²) in [5, 5.41) is 0. The number of hydrogen-bond acceptors (Lipinski definition) is 5. The van der Waals surface area contributed by atoms with E-state index >= 15 is 0 Å². The maximum absolute atomic E-state index is 11.9. The van der Waals surface area contributed by atoms with Gasteiger partial charge < -0.3 is 4.74 Å². The Morgan fingerprint density at radius 1 is 0.955 bits per heavy atom. The molecule has 0 aliphatic rings. The van der Waals surface area contributed by atoms with Crippen LogP contribution in [0.3, 0.4) is 0 Å². The number of amides is 1. The normalized spacial score (nSPS) is 10.8. The Labute approximate surface area is 127 Å². The molecule has 0 radical (unpaired) electrons. The molecule has 2 aromatic rings. The molecule has 0 heterocycles. The quantitative estimate of drug-likeness (QED) is 0.874. The standard InChI is InChI=1S/C15H13NO5S/c1-11(17)12-7-9-13(10-8-12)21-15(18)16-22(19,20)14-5-3-2-4-6-14/h2-10H,1H3,(H,16,18). The van der Waals surface area contributed by atoms with Crippen LogP contribution in [0.15, 0.2) is 59.5 Å². The van der Waals surface area contributed by atoms with Gasteiger partial charge in [0.05, 0.1) is 4.90 Å². The molecule has 2 rings (SSSR count). The second-order valence-electron chi connectivity index (χ2n) is 4.39. The van der Waals surface area contributed by atoms with Crippen LogP contribution in [0.2, 0.25) is 0 Å². The third kappa shape index (κ3) is 3.92. The van der Waals surface area contributed by atoms with Crippen LogP contribution in [0.5, 0.6) is 5.75 Å². The van der Waals surface area contributed by atoms with Crippen molar-refractivity contribution in [3.05, 3.63) is 60.2 Å². The molecule has 114 valence electrons. The summed E-state index contributed by atoms with van der Waals surface area (Å²) >= 11 is 0. The van der Waals surface area contributed by atoms with Crippen molar-refractivity contribution in [1.82, 2.24) is 4.72 Å². The van der Waals surface area contributed by atoms with E-state index < -0.39 is 16.1 Å². The summed E-state index contributed by atoms with van der Waals surface area (Å²) in [5.74, 6) is 0.00779. The van der Waals surface area contributed by atoms with Crippen molar-refractivity contribution in [1.29, 1.82) is 0 Å². The number of nitrogens with one attached hydrogen (secondary N) is 1. The van der Waals surface area contributed by atoms with E-state index in [1.807, 2.05) is 0 Å². The summed E-state index contributed by atoms with van der Waals surface area (Å²) in [6.45, 7) is 1.41. The van der Waals surface area contributed by atoms with Crippen LogP contribution in [0.1, 0.15) is 17.3 Å². The van der Waals surface area contributed by atoms with E-state index in [0.717, 1.165) is 0 Å². The largest absolute Gasteiger partial charge is 0.426 e. The van der Waals surface area contributed by atoms with E-state index in [0.29, 0.717) is 5.56 Å². The molecule has 22 heavy (non-hydrogen) atoms. The van der Waals surface area contributed by atoms with E-state index in [2.05, 4.69) is 0 Å². The number of carbonyl (C=O) groups is 2. The summed E-state index contributed by atoms with van der Waals surface area (Å²) in [6.07, 6.45) is -1.13. The van der Waals surface area contributed by atoms with Crippen molar-refractivity contribution < 1.29 is 22.7 Å². The zero-order valence-corrected chi connectivity index (χ0v) is 12.5. The third-order valence-corrected chi connectivity index (χ3v) is 4.07. The average molecular weight is 319 g/mol. The number of ether oxygens (including phenoxy) is 1. The van der Waals surface area contributed by atoms with Gasteiger partial charge in [0.2, 0.25) is 0 Å². The highest BCUT2D eigenvalue weighted by Crippen LogP contribution is 2.13. The molecule has 0 spiro atoms. The molecular formula is C15H13NO5S. The molecule has 0 saturated carbocycles. The summed E-state index contributed by atoms with van der Waals surface area (Å²) in [7, 11) is -3.98. The Bertz CT molecular complexity index is 782. The molecule has 7 heteroatoms. The van der Waals surface area contributed by atoms with Gasteiger partial charge in [0, 0.05) is 5.56 Å². The minimum absolute atomic E-state index is 0.0427. The van der Waals surface area contributed by atoms with Gasteiger partial charge in [-0.2, -0.15) is 0 Å². The first kappa shape index (κ1) is 15.7. The highest BCUT2D eigenvalue weighted by molar-refractivity contribution is 7.90. The van der Waals surface area contributed by atoms with Crippen LogP contribution in [-0.4, -0.2) is 20.3 Å². The van der Waals surface area contributed by atoms with Crippen LogP contribution >= 0.6 is 0 Å². The predicted molar refractivity (Wildman–Crippen MR) is 79.2 cm³/mol. The van der Waals surface area contributed by atoms with E-state index in [-0.39, 0.29) is 16.4 Å². The van der Waals surface area contributed by atoms with Crippen molar-refractivity contribution in [3.8, 4) is 5.75 Å². The molecule has 6 nitrogen and oxygen atoms in total. The fraction of sp³-hybridized carbons (Fsp3) is 0.0667. The fourth-order valence-corrected chi connectivity index (χ4v) is 2.55. The number of sulfonamides is 1. The molecule has 1 N–H and O–H groups in total. The van der Waals surface area contributed by atoms with E-state index in [1.54, 1.807) is 22.9 Å². The molecule has 1 amide bonds. The highest BCUT2D eigenvalue weighted by atomic mass is 32.2. The van der Waals surface area contributed by atoms with Crippen molar-refractivity contribution in [2.75, 3.05) is 0 Å². The van der Waals surface area contributed by atoms with Gasteiger partial charge in [-0.1, -0.05) is 18.2 Å². The predicted octanol–water partition coefficient (Wildman–Crippen LogP) is 2.37. The van der Waals surface area contributed by atoms with Crippen LogP contribution in [-0.2, 0) is 10.0 Å². The molecule has 0 aromatic heterocycles. The number of Topliss-reactive ketones (excluding diaryl/α,β-unsaturated/α-hetero) is 1. The topological polar surface area (TPSA) is 89.5 Å². The summed E-state index contributed by atoms with van der Waals surface area (Å²) < 4.78 is 30.5. The SMILES string of the molecule is CC(=O)c1ccc(OC(=O)NS(=O)(=O)c2ccccc2)cc1. The summed E-state index contributed by atoms with van der Waals surface area (Å²) in [6, 6.07) is 13.2. The molecule has 0 atom stereocenters. The first-order valence-corrected chi connectivity index (χ1v) is 7.77. The lowest BCUT2D eigenvalue weighted by molar-refractivity contribution is 0.101. The minimum atomic E-state index is -3.98. The van der Waals surface area contributed by atoms with Crippen molar-refractivity contribution in [3.63, 3.8) is 0 Å². The number of hydrogen-bond donors (Lipinski definition) is 1. The van der Waals surface area contributed by atoms with Crippen molar-refractivity contribution in [2.45, 2.75) is 11.8 Å². The smallest absolute Gasteiger partial charge is 0.410 e. The number of rotatable bonds is 4. The molecule has 0 aliphatic carbocycles. The van der Waals surface area contributed by atoms with Crippen LogP contribution in [0.25, 0.3) is 0 Å². The van der Waals surface area contributed by atoms with Gasteiger partial charge in [-0.05, 0) is 43.3 Å². The second-order valence-corrected chi connectivity index (χ2v) is 6.07. The minimum Gasteiger partial charge on any atom is -0.410 e. The lowest BCUT2D eigenvalue weighted by Gasteiger charge is -2.08. The van der Waals surface area contributed by atoms with Gasteiger partial charge in [0.25, 0.3) is 10.0 Å². The van der Waals surface area contributed by atoms with Crippen molar-refractivity contribution >= 4 is 21.9 Å². The monoisotopic (exact) mass is 319 g/mol. The maximum atomic E-state index is 11.9. The zero-order valence-electron chi connectivity index (χ0n) is 11.6. The maximum Gasteiger partial charge on any atom is 0.426 e. The lowest BCUT2D eigenvalue weighted by Crippen LogP contribution is -2.33. The lowest BCUT2D eigenvalue weighted by atomic mass is 10.1. The third-order valence-electron chi connectivity index (χ3n) is 2.74. The van der Waals surface area contributed by atoms with Gasteiger partial charge in [0.1, 0.15) is 5.75 Å². The second kappa shape index (κ2) is 6.40. The zero-order chi connectivity index (χ0) is 16.2. The Kier molecular flexibility index (Phi) is 4.57. The average Bonchev–Trinajstić information content (AvgIpc) is 2.48. The molecule has 0 bridgehead atoms. The van der Waals surface area contributed by atoms with Gasteiger partial charge >= 0.3 is 6.09 Å². The van der Waals surface area contributed by atoms with Gasteiger partial charge in [-0.3, -0.25) is 4.79 Å². The van der Waals surface area contributed by atoms with Crippen LogP contribution in [0, 0.1) is 0 Å². The number of ketones is 1. The van der Waals surface area contributed by atoms with Gasteiger partial charge in [0.15, 0.2) is 5.78 Å². The molecule has 0 fully saturated rings. The Balaban J connectivity index is 2.05. The summed E-state index contributed by atoms with van der Waals surface area (Å²) in [5.41, 5.74) is 0.463. The first-order chi connectivity index (χ1) is 10.4. The molecule has 2 aromatic carbocycles. The Morgan fingerprint density at radius 2 is 1.55 bits per heavy atom. The number of carbonyl (C=O) groups excluding carboxylic acids is 2. The van der Waals surface area contributed by atoms with E-state index in [1.165, 1.54) is 43.3 Å². The first-order valence-electron chi connectivity index (χ1n) is 6.29. The molecule has 0 saturated heterocycles.